The van der Waals surface area contributed by atoms with E-state index in [4.69, 9.17) is 15.5 Å². The van der Waals surface area contributed by atoms with Gasteiger partial charge in [0.2, 0.25) is 5.95 Å². The summed E-state index contributed by atoms with van der Waals surface area (Å²) >= 11 is 0. The second kappa shape index (κ2) is 7.66. The van der Waals surface area contributed by atoms with E-state index in [-0.39, 0.29) is 28.7 Å². The Balaban J connectivity index is 1.89. The molecule has 30 heavy (non-hydrogen) atoms. The molecule has 2 fully saturated rings. The van der Waals surface area contributed by atoms with E-state index in [1.807, 2.05) is 18.9 Å². The minimum absolute atomic E-state index is 0.0143. The normalized spacial score (nSPS) is 21.4. The van der Waals surface area contributed by atoms with E-state index in [9.17, 15) is 13.2 Å². The maximum atomic E-state index is 13.7. The van der Waals surface area contributed by atoms with Gasteiger partial charge in [0.1, 0.15) is 5.82 Å². The Hall–Kier alpha value is -2.46. The van der Waals surface area contributed by atoms with Gasteiger partial charge in [0.25, 0.3) is 0 Å². The van der Waals surface area contributed by atoms with Crippen LogP contribution in [0.5, 0.6) is 0 Å². The van der Waals surface area contributed by atoms with Crippen LogP contribution in [-0.2, 0) is 16.5 Å². The molecule has 162 valence electrons. The number of anilines is 2. The molecule has 3 heterocycles. The summed E-state index contributed by atoms with van der Waals surface area (Å²) in [6.45, 7) is 3.58. The number of nitrogens with two attached hydrogens (primary N) is 1. The minimum atomic E-state index is -4.58. The van der Waals surface area contributed by atoms with E-state index in [1.165, 1.54) is 0 Å². The van der Waals surface area contributed by atoms with Gasteiger partial charge in [-0.15, -0.1) is 0 Å². The van der Waals surface area contributed by atoms with Crippen molar-refractivity contribution in [2.45, 2.75) is 43.9 Å². The van der Waals surface area contributed by atoms with Crippen molar-refractivity contribution < 1.29 is 17.9 Å². The molecule has 1 aliphatic heterocycles. The summed E-state index contributed by atoms with van der Waals surface area (Å²) < 4.78 is 46.7. The molecule has 0 unspecified atom stereocenters. The van der Waals surface area contributed by atoms with Crippen LogP contribution in [0.4, 0.5) is 24.9 Å². The topological polar surface area (TPSA) is 89.2 Å². The van der Waals surface area contributed by atoms with Crippen molar-refractivity contribution in [2.24, 2.45) is 0 Å². The van der Waals surface area contributed by atoms with Crippen molar-refractivity contribution in [3.63, 3.8) is 0 Å². The Morgan fingerprint density at radius 3 is 2.63 bits per heavy atom. The first-order chi connectivity index (χ1) is 14.2. The van der Waals surface area contributed by atoms with Crippen LogP contribution in [-0.4, -0.2) is 47.8 Å². The van der Waals surface area contributed by atoms with Crippen LogP contribution in [0.15, 0.2) is 18.3 Å². The molecule has 1 saturated heterocycles. The lowest BCUT2D eigenvalue weighted by Gasteiger charge is -2.42. The molecular weight excluding hydrogens is 397 g/mol. The number of rotatable bonds is 4. The van der Waals surface area contributed by atoms with Gasteiger partial charge in [0.05, 0.1) is 41.7 Å². The van der Waals surface area contributed by atoms with Gasteiger partial charge in [0.15, 0.2) is 0 Å². The maximum absolute atomic E-state index is 13.7. The molecule has 4 rings (SSSR count). The fourth-order valence-corrected chi connectivity index (χ4v) is 4.05. The van der Waals surface area contributed by atoms with Crippen LogP contribution in [0.25, 0.3) is 11.3 Å². The standard InChI is InChI=1S/C20H25F3N6O/c1-12-11-30-7-6-29(12)18-27-15(9-16(28-18)19(25-2)4-3-5-19)13-10-26-17(24)8-14(13)20(21,22)23/h8-10,12,25H,3-7,11H2,1-2H3,(H2,24,26)/t12-/m1/s1. The number of morpholine rings is 1. The van der Waals surface area contributed by atoms with Gasteiger partial charge in [-0.1, -0.05) is 0 Å². The van der Waals surface area contributed by atoms with Gasteiger partial charge in [-0.05, 0) is 45.4 Å². The summed E-state index contributed by atoms with van der Waals surface area (Å²) in [5.74, 6) is 0.220. The molecule has 0 radical (unpaired) electrons. The summed E-state index contributed by atoms with van der Waals surface area (Å²) in [4.78, 5) is 15.2. The molecule has 0 aromatic carbocycles. The van der Waals surface area contributed by atoms with Crippen molar-refractivity contribution >= 4 is 11.8 Å². The predicted molar refractivity (Wildman–Crippen MR) is 107 cm³/mol. The molecule has 2 aliphatic rings. The van der Waals surface area contributed by atoms with Crippen LogP contribution in [0.2, 0.25) is 0 Å². The lowest BCUT2D eigenvalue weighted by atomic mass is 9.74. The van der Waals surface area contributed by atoms with Crippen LogP contribution < -0.4 is 16.0 Å². The Morgan fingerprint density at radius 1 is 1.27 bits per heavy atom. The zero-order valence-corrected chi connectivity index (χ0v) is 17.0. The lowest BCUT2D eigenvalue weighted by Crippen LogP contribution is -2.48. The van der Waals surface area contributed by atoms with E-state index < -0.39 is 11.7 Å². The number of pyridine rings is 1. The van der Waals surface area contributed by atoms with Gasteiger partial charge in [0, 0.05) is 18.3 Å². The zero-order chi connectivity index (χ0) is 21.5. The number of nitrogens with zero attached hydrogens (tertiary/aromatic N) is 4. The quantitative estimate of drug-likeness (QED) is 0.783. The number of halogens is 3. The van der Waals surface area contributed by atoms with Crippen LogP contribution >= 0.6 is 0 Å². The largest absolute Gasteiger partial charge is 0.417 e. The minimum Gasteiger partial charge on any atom is -0.384 e. The predicted octanol–water partition coefficient (Wildman–Crippen LogP) is 2.96. The molecule has 0 spiro atoms. The third kappa shape index (κ3) is 3.69. The molecular formula is C20H25F3N6O. The fourth-order valence-electron chi connectivity index (χ4n) is 4.05. The van der Waals surface area contributed by atoms with Gasteiger partial charge in [-0.25, -0.2) is 15.0 Å². The highest BCUT2D eigenvalue weighted by molar-refractivity contribution is 5.67. The Kier molecular flexibility index (Phi) is 5.31. The molecule has 1 saturated carbocycles. The first kappa shape index (κ1) is 20.8. The highest BCUT2D eigenvalue weighted by Gasteiger charge is 2.40. The summed E-state index contributed by atoms with van der Waals surface area (Å²) in [5.41, 5.74) is 5.11. The van der Waals surface area contributed by atoms with Gasteiger partial charge in [-0.2, -0.15) is 13.2 Å². The number of ether oxygens (including phenoxy) is 1. The summed E-state index contributed by atoms with van der Waals surface area (Å²) in [7, 11) is 1.85. The number of hydrogen-bond donors (Lipinski definition) is 2. The first-order valence-corrected chi connectivity index (χ1v) is 9.99. The van der Waals surface area contributed by atoms with E-state index >= 15 is 0 Å². The maximum Gasteiger partial charge on any atom is 0.417 e. The van der Waals surface area contributed by atoms with E-state index in [1.54, 1.807) is 6.07 Å². The Bertz CT molecular complexity index is 926. The van der Waals surface area contributed by atoms with Crippen molar-refractivity contribution in [2.75, 3.05) is 37.4 Å². The highest BCUT2D eigenvalue weighted by atomic mass is 19.4. The van der Waals surface area contributed by atoms with Crippen LogP contribution in [0, 0.1) is 0 Å². The lowest BCUT2D eigenvalue weighted by molar-refractivity contribution is -0.137. The molecule has 0 bridgehead atoms. The van der Waals surface area contributed by atoms with Crippen LogP contribution in [0.1, 0.15) is 37.4 Å². The molecule has 1 aliphatic carbocycles. The van der Waals surface area contributed by atoms with Gasteiger partial charge >= 0.3 is 6.18 Å². The Labute approximate surface area is 172 Å². The summed E-state index contributed by atoms with van der Waals surface area (Å²) in [6.07, 6.45) is -0.681. The summed E-state index contributed by atoms with van der Waals surface area (Å²) in [5, 5.41) is 3.31. The van der Waals surface area contributed by atoms with Crippen molar-refractivity contribution in [3.8, 4) is 11.3 Å². The smallest absolute Gasteiger partial charge is 0.384 e. The second-order valence-corrected chi connectivity index (χ2v) is 7.89. The summed E-state index contributed by atoms with van der Waals surface area (Å²) in [6, 6.07) is 2.51. The SMILES string of the molecule is CNC1(c2cc(-c3cnc(N)cc3C(F)(F)F)nc(N3CCOC[C@H]3C)n2)CCC1. The number of nitrogen functional groups attached to an aromatic ring is 1. The van der Waals surface area contributed by atoms with Crippen molar-refractivity contribution in [1.29, 1.82) is 0 Å². The number of aromatic nitrogens is 3. The highest BCUT2D eigenvalue weighted by Crippen LogP contribution is 2.43. The van der Waals surface area contributed by atoms with Crippen molar-refractivity contribution in [1.82, 2.24) is 20.3 Å². The average molecular weight is 422 g/mol. The van der Waals surface area contributed by atoms with Gasteiger partial charge in [-0.3, -0.25) is 0 Å². The van der Waals surface area contributed by atoms with Gasteiger partial charge < -0.3 is 20.7 Å². The molecule has 7 nitrogen and oxygen atoms in total. The number of hydrogen-bond acceptors (Lipinski definition) is 7. The third-order valence-corrected chi connectivity index (χ3v) is 6.02. The van der Waals surface area contributed by atoms with E-state index in [0.717, 1.165) is 31.5 Å². The second-order valence-electron chi connectivity index (χ2n) is 7.89. The first-order valence-electron chi connectivity index (χ1n) is 9.99. The fraction of sp³-hybridized carbons (Fsp3) is 0.550. The molecule has 2 aromatic heterocycles. The molecule has 1 atom stereocenters. The van der Waals surface area contributed by atoms with E-state index in [2.05, 4.69) is 15.3 Å². The number of nitrogens with one attached hydrogen (secondary N) is 1. The molecule has 10 heteroatoms. The number of alkyl halides is 3. The van der Waals surface area contributed by atoms with Crippen LogP contribution in [0.3, 0.4) is 0 Å². The van der Waals surface area contributed by atoms with Crippen molar-refractivity contribution in [3.05, 3.63) is 29.6 Å². The molecule has 3 N–H and O–H groups in total. The van der Waals surface area contributed by atoms with E-state index in [0.29, 0.717) is 31.4 Å². The average Bonchev–Trinajstić information content (AvgIpc) is 2.67. The Morgan fingerprint density at radius 2 is 2.03 bits per heavy atom. The monoisotopic (exact) mass is 422 g/mol. The zero-order valence-electron chi connectivity index (χ0n) is 17.0. The molecule has 2 aromatic rings. The third-order valence-electron chi connectivity index (χ3n) is 6.02. The molecule has 0 amide bonds.